The fraction of sp³-hybridized carbons (Fsp3) is 0.250. The standard InChI is InChI=1S/C8H9NO2S3/c1-11-8(10)14-6(9)5-3-4-13-7(5)12-2/h3-4,9H,1-2H3. The van der Waals surface area contributed by atoms with Crippen molar-refractivity contribution >= 4 is 45.2 Å². The molecular weight excluding hydrogens is 238 g/mol. The van der Waals surface area contributed by atoms with Gasteiger partial charge in [-0.3, -0.25) is 5.41 Å². The van der Waals surface area contributed by atoms with Crippen LogP contribution in [0.4, 0.5) is 4.79 Å². The van der Waals surface area contributed by atoms with Gasteiger partial charge in [-0.25, -0.2) is 4.79 Å². The van der Waals surface area contributed by atoms with Crippen LogP contribution in [0, 0.1) is 5.41 Å². The van der Waals surface area contributed by atoms with Crippen molar-refractivity contribution in [2.24, 2.45) is 0 Å². The van der Waals surface area contributed by atoms with Crippen LogP contribution in [-0.2, 0) is 4.74 Å². The van der Waals surface area contributed by atoms with Gasteiger partial charge >= 0.3 is 5.30 Å². The number of carbonyl (C=O) groups is 1. The maximum atomic E-state index is 10.9. The molecule has 1 heterocycles. The maximum absolute atomic E-state index is 10.9. The third kappa shape index (κ3) is 2.76. The van der Waals surface area contributed by atoms with E-state index in [0.717, 1.165) is 21.5 Å². The Morgan fingerprint density at radius 1 is 1.64 bits per heavy atom. The topological polar surface area (TPSA) is 50.2 Å². The molecule has 0 fully saturated rings. The summed E-state index contributed by atoms with van der Waals surface area (Å²) in [7, 11) is 1.31. The molecule has 0 saturated heterocycles. The fourth-order valence-corrected chi connectivity index (χ4v) is 3.03. The first-order valence-electron chi connectivity index (χ1n) is 3.65. The Hall–Kier alpha value is -0.460. The van der Waals surface area contributed by atoms with Crippen LogP contribution in [0.1, 0.15) is 5.56 Å². The Morgan fingerprint density at radius 3 is 2.93 bits per heavy atom. The van der Waals surface area contributed by atoms with Gasteiger partial charge in [-0.2, -0.15) is 0 Å². The van der Waals surface area contributed by atoms with Crippen LogP contribution >= 0.6 is 34.9 Å². The van der Waals surface area contributed by atoms with E-state index >= 15 is 0 Å². The molecule has 0 aromatic carbocycles. The summed E-state index contributed by atoms with van der Waals surface area (Å²) in [5.74, 6) is 0. The number of nitrogens with one attached hydrogen (secondary N) is 1. The molecule has 0 aliphatic heterocycles. The van der Waals surface area contributed by atoms with Gasteiger partial charge in [0.2, 0.25) is 0 Å². The Labute approximate surface area is 94.7 Å². The lowest BCUT2D eigenvalue weighted by atomic mass is 10.4. The van der Waals surface area contributed by atoms with E-state index in [2.05, 4.69) is 4.74 Å². The van der Waals surface area contributed by atoms with Gasteiger partial charge in [0.15, 0.2) is 0 Å². The summed E-state index contributed by atoms with van der Waals surface area (Å²) in [4.78, 5) is 10.9. The number of thioether (sulfide) groups is 2. The van der Waals surface area contributed by atoms with Crippen LogP contribution in [0.3, 0.4) is 0 Å². The highest BCUT2D eigenvalue weighted by Crippen LogP contribution is 2.29. The summed E-state index contributed by atoms with van der Waals surface area (Å²) in [6.45, 7) is 0. The SMILES string of the molecule is COC(=O)SC(=N)c1ccsc1SC. The van der Waals surface area contributed by atoms with Crippen molar-refractivity contribution in [3.63, 3.8) is 0 Å². The first kappa shape index (κ1) is 11.6. The summed E-state index contributed by atoms with van der Waals surface area (Å²) in [6.07, 6.45) is 1.95. The first-order chi connectivity index (χ1) is 6.69. The lowest BCUT2D eigenvalue weighted by Crippen LogP contribution is -1.99. The van der Waals surface area contributed by atoms with Crippen molar-refractivity contribution < 1.29 is 9.53 Å². The lowest BCUT2D eigenvalue weighted by Gasteiger charge is -2.01. The van der Waals surface area contributed by atoms with Gasteiger partial charge in [-0.05, 0) is 17.7 Å². The second kappa shape index (κ2) is 5.43. The number of ether oxygens (including phenoxy) is 1. The quantitative estimate of drug-likeness (QED) is 0.377. The monoisotopic (exact) mass is 247 g/mol. The number of carbonyl (C=O) groups excluding carboxylic acids is 1. The number of hydrogen-bond donors (Lipinski definition) is 1. The fourth-order valence-electron chi connectivity index (χ4n) is 0.802. The van der Waals surface area contributed by atoms with Gasteiger partial charge in [0.05, 0.1) is 11.3 Å². The molecule has 0 unspecified atom stereocenters. The largest absolute Gasteiger partial charge is 0.461 e. The molecule has 14 heavy (non-hydrogen) atoms. The number of rotatable bonds is 2. The predicted molar refractivity (Wildman–Crippen MR) is 62.9 cm³/mol. The maximum Gasteiger partial charge on any atom is 0.373 e. The minimum Gasteiger partial charge on any atom is -0.461 e. The van der Waals surface area contributed by atoms with E-state index in [1.807, 2.05) is 17.7 Å². The summed E-state index contributed by atoms with van der Waals surface area (Å²) in [5, 5.41) is 9.38. The van der Waals surface area contributed by atoms with Crippen molar-refractivity contribution in [2.75, 3.05) is 13.4 Å². The molecule has 1 aromatic heterocycles. The van der Waals surface area contributed by atoms with Gasteiger partial charge < -0.3 is 4.74 Å². The van der Waals surface area contributed by atoms with Crippen molar-refractivity contribution in [2.45, 2.75) is 4.21 Å². The normalized spacial score (nSPS) is 9.86. The summed E-state index contributed by atoms with van der Waals surface area (Å²) < 4.78 is 5.52. The average molecular weight is 247 g/mol. The number of thiophene rings is 1. The summed E-state index contributed by atoms with van der Waals surface area (Å²) in [6, 6.07) is 1.84. The van der Waals surface area contributed by atoms with E-state index in [1.165, 1.54) is 7.11 Å². The molecule has 0 bridgehead atoms. The Morgan fingerprint density at radius 2 is 2.36 bits per heavy atom. The zero-order chi connectivity index (χ0) is 10.6. The zero-order valence-corrected chi connectivity index (χ0v) is 10.1. The molecule has 0 amide bonds. The van der Waals surface area contributed by atoms with Crippen LogP contribution in [0.5, 0.6) is 0 Å². The average Bonchev–Trinajstić information content (AvgIpc) is 2.65. The Balaban J connectivity index is 2.74. The molecule has 1 aromatic rings. The van der Waals surface area contributed by atoms with E-state index in [0.29, 0.717) is 0 Å². The molecule has 3 nitrogen and oxygen atoms in total. The van der Waals surface area contributed by atoms with Crippen molar-refractivity contribution in [1.29, 1.82) is 5.41 Å². The molecule has 0 spiro atoms. The van der Waals surface area contributed by atoms with Gasteiger partial charge in [0, 0.05) is 17.3 Å². The van der Waals surface area contributed by atoms with Crippen LogP contribution in [0.2, 0.25) is 0 Å². The third-order valence-electron chi connectivity index (χ3n) is 1.41. The minimum atomic E-state index is -0.451. The molecule has 0 radical (unpaired) electrons. The lowest BCUT2D eigenvalue weighted by molar-refractivity contribution is 0.200. The second-order valence-electron chi connectivity index (χ2n) is 2.21. The van der Waals surface area contributed by atoms with Crippen LogP contribution in [0.15, 0.2) is 15.7 Å². The highest BCUT2D eigenvalue weighted by Gasteiger charge is 2.13. The van der Waals surface area contributed by atoms with Gasteiger partial charge in [0.1, 0.15) is 5.04 Å². The number of methoxy groups -OCH3 is 1. The van der Waals surface area contributed by atoms with Crippen LogP contribution in [-0.4, -0.2) is 23.7 Å². The van der Waals surface area contributed by atoms with E-state index in [1.54, 1.807) is 23.1 Å². The highest BCUT2D eigenvalue weighted by atomic mass is 32.2. The van der Waals surface area contributed by atoms with E-state index < -0.39 is 5.30 Å². The second-order valence-corrected chi connectivity index (χ2v) is 5.15. The third-order valence-corrected chi connectivity index (χ3v) is 4.25. The molecule has 0 saturated carbocycles. The molecular formula is C8H9NO2S3. The van der Waals surface area contributed by atoms with Gasteiger partial charge in [-0.15, -0.1) is 23.1 Å². The summed E-state index contributed by atoms with van der Waals surface area (Å²) in [5.41, 5.74) is 0.804. The van der Waals surface area contributed by atoms with Gasteiger partial charge in [0.25, 0.3) is 0 Å². The smallest absolute Gasteiger partial charge is 0.373 e. The van der Waals surface area contributed by atoms with E-state index in [4.69, 9.17) is 5.41 Å². The first-order valence-corrected chi connectivity index (χ1v) is 6.57. The molecule has 6 heteroatoms. The van der Waals surface area contributed by atoms with Crippen molar-refractivity contribution in [3.05, 3.63) is 17.0 Å². The molecule has 0 atom stereocenters. The predicted octanol–water partition coefficient (Wildman–Crippen LogP) is 3.29. The Kier molecular flexibility index (Phi) is 4.50. The van der Waals surface area contributed by atoms with Crippen molar-refractivity contribution in [1.82, 2.24) is 0 Å². The van der Waals surface area contributed by atoms with Crippen LogP contribution < -0.4 is 0 Å². The van der Waals surface area contributed by atoms with Crippen LogP contribution in [0.25, 0.3) is 0 Å². The van der Waals surface area contributed by atoms with E-state index in [9.17, 15) is 4.79 Å². The van der Waals surface area contributed by atoms with Crippen molar-refractivity contribution in [3.8, 4) is 0 Å². The highest BCUT2D eigenvalue weighted by molar-refractivity contribution is 8.26. The number of hydrogen-bond acceptors (Lipinski definition) is 6. The minimum absolute atomic E-state index is 0.238. The molecule has 76 valence electrons. The molecule has 1 rings (SSSR count). The molecule has 0 aliphatic carbocycles. The zero-order valence-electron chi connectivity index (χ0n) is 7.70. The molecule has 0 aliphatic rings. The molecule has 1 N–H and O–H groups in total. The summed E-state index contributed by atoms with van der Waals surface area (Å²) >= 11 is 3.95. The Bertz CT molecular complexity index is 348. The van der Waals surface area contributed by atoms with Gasteiger partial charge in [-0.1, -0.05) is 0 Å². The van der Waals surface area contributed by atoms with E-state index in [-0.39, 0.29) is 5.04 Å².